The predicted octanol–water partition coefficient (Wildman–Crippen LogP) is -1.25. The Kier molecular flexibility index (Phi) is 5.52. The maximum atomic E-state index is 11.0. The molecule has 0 aliphatic carbocycles. The van der Waals surface area contributed by atoms with Crippen molar-refractivity contribution in [2.75, 3.05) is 13.7 Å². The van der Waals surface area contributed by atoms with E-state index in [4.69, 9.17) is 9.47 Å². The highest BCUT2D eigenvalue weighted by atomic mass is 16.7. The van der Waals surface area contributed by atoms with Gasteiger partial charge in [-0.1, -0.05) is 0 Å². The summed E-state index contributed by atoms with van der Waals surface area (Å²) >= 11 is 0. The van der Waals surface area contributed by atoms with Crippen LogP contribution in [0.25, 0.3) is 0 Å². The van der Waals surface area contributed by atoms with Gasteiger partial charge in [0.25, 0.3) is 0 Å². The van der Waals surface area contributed by atoms with Gasteiger partial charge in [0.05, 0.1) is 12.1 Å². The molecule has 0 radical (unpaired) electrons. The Bertz CT molecular complexity index is 310. The van der Waals surface area contributed by atoms with Crippen molar-refractivity contribution in [2.45, 2.75) is 44.8 Å². The molecule has 1 aliphatic heterocycles. The third-order valence-electron chi connectivity index (χ3n) is 2.74. The van der Waals surface area contributed by atoms with Crippen molar-refractivity contribution >= 4 is 11.8 Å². The van der Waals surface area contributed by atoms with E-state index in [1.54, 1.807) is 0 Å². The lowest BCUT2D eigenvalue weighted by molar-refractivity contribution is -0.223. The average Bonchev–Trinajstić information content (AvgIpc) is 2.27. The summed E-state index contributed by atoms with van der Waals surface area (Å²) in [5.41, 5.74) is 0. The SMILES string of the molecule is CO[C@H]1O[C@H](CNC(C)=O)[C@@H](O)C[C@H]1NC(C)=O. The van der Waals surface area contributed by atoms with Gasteiger partial charge < -0.3 is 25.2 Å². The Morgan fingerprint density at radius 2 is 2.06 bits per heavy atom. The summed E-state index contributed by atoms with van der Waals surface area (Å²) in [6.45, 7) is 2.99. The number of hydrogen-bond donors (Lipinski definition) is 3. The average molecular weight is 260 g/mol. The molecule has 7 heteroatoms. The van der Waals surface area contributed by atoms with Crippen LogP contribution in [-0.4, -0.2) is 55.1 Å². The number of carbonyl (C=O) groups excluding carboxylic acids is 2. The monoisotopic (exact) mass is 260 g/mol. The predicted molar refractivity (Wildman–Crippen MR) is 62.6 cm³/mol. The normalized spacial score (nSPS) is 31.8. The van der Waals surface area contributed by atoms with Gasteiger partial charge in [0.15, 0.2) is 6.29 Å². The van der Waals surface area contributed by atoms with Crippen LogP contribution in [0, 0.1) is 0 Å². The molecule has 0 aromatic heterocycles. The van der Waals surface area contributed by atoms with Crippen molar-refractivity contribution < 1.29 is 24.2 Å². The van der Waals surface area contributed by atoms with Gasteiger partial charge in [-0.05, 0) is 0 Å². The second-order valence-electron chi connectivity index (χ2n) is 4.33. The van der Waals surface area contributed by atoms with Crippen LogP contribution in [-0.2, 0) is 19.1 Å². The summed E-state index contributed by atoms with van der Waals surface area (Å²) in [6, 6.07) is -0.393. The highest BCUT2D eigenvalue weighted by Gasteiger charge is 2.37. The Hall–Kier alpha value is -1.18. The Morgan fingerprint density at radius 1 is 1.39 bits per heavy atom. The third-order valence-corrected chi connectivity index (χ3v) is 2.74. The van der Waals surface area contributed by atoms with Crippen LogP contribution in [0.5, 0.6) is 0 Å². The zero-order valence-electron chi connectivity index (χ0n) is 10.8. The molecule has 104 valence electrons. The van der Waals surface area contributed by atoms with Crippen LogP contribution < -0.4 is 10.6 Å². The van der Waals surface area contributed by atoms with E-state index in [0.717, 1.165) is 0 Å². The molecule has 18 heavy (non-hydrogen) atoms. The van der Waals surface area contributed by atoms with Crippen LogP contribution in [0.15, 0.2) is 0 Å². The molecule has 3 N–H and O–H groups in total. The third kappa shape index (κ3) is 4.25. The summed E-state index contributed by atoms with van der Waals surface area (Å²) in [4.78, 5) is 21.8. The van der Waals surface area contributed by atoms with E-state index in [0.29, 0.717) is 6.42 Å². The molecule has 0 saturated carbocycles. The van der Waals surface area contributed by atoms with Crippen LogP contribution in [0.1, 0.15) is 20.3 Å². The van der Waals surface area contributed by atoms with Crippen molar-refractivity contribution in [3.63, 3.8) is 0 Å². The molecule has 1 aliphatic rings. The lowest BCUT2D eigenvalue weighted by Crippen LogP contribution is -2.57. The first-order valence-electron chi connectivity index (χ1n) is 5.82. The van der Waals surface area contributed by atoms with E-state index >= 15 is 0 Å². The number of ether oxygens (including phenoxy) is 2. The molecular formula is C11H20N2O5. The van der Waals surface area contributed by atoms with Crippen LogP contribution >= 0.6 is 0 Å². The van der Waals surface area contributed by atoms with Gasteiger partial charge in [0, 0.05) is 33.9 Å². The number of methoxy groups -OCH3 is 1. The topological polar surface area (TPSA) is 96.9 Å². The Balaban J connectivity index is 2.57. The number of amides is 2. The molecule has 0 aromatic carbocycles. The fraction of sp³-hybridized carbons (Fsp3) is 0.818. The Labute approximate surface area is 106 Å². The van der Waals surface area contributed by atoms with Crippen molar-refractivity contribution in [3.05, 3.63) is 0 Å². The molecule has 0 aromatic rings. The maximum Gasteiger partial charge on any atom is 0.217 e. The zero-order chi connectivity index (χ0) is 13.7. The van der Waals surface area contributed by atoms with Gasteiger partial charge in [-0.25, -0.2) is 0 Å². The summed E-state index contributed by atoms with van der Waals surface area (Å²) < 4.78 is 10.6. The standard InChI is InChI=1S/C11H20N2O5/c1-6(14)12-5-10-9(16)4-8(13-7(2)15)11(17-3)18-10/h8-11,16H,4-5H2,1-3H3,(H,12,14)(H,13,15)/t8-,9+,10-,11+/m1/s1. The van der Waals surface area contributed by atoms with Crippen molar-refractivity contribution in [3.8, 4) is 0 Å². The number of nitrogens with one attached hydrogen (secondary N) is 2. The van der Waals surface area contributed by atoms with Gasteiger partial charge >= 0.3 is 0 Å². The van der Waals surface area contributed by atoms with Gasteiger partial charge in [0.1, 0.15) is 6.10 Å². The first kappa shape index (κ1) is 14.9. The molecule has 1 saturated heterocycles. The maximum absolute atomic E-state index is 11.0. The highest BCUT2D eigenvalue weighted by molar-refractivity contribution is 5.73. The lowest BCUT2D eigenvalue weighted by atomic mass is 10.00. The first-order chi connectivity index (χ1) is 8.43. The summed E-state index contributed by atoms with van der Waals surface area (Å²) in [6.07, 6.45) is -1.61. The molecule has 0 unspecified atom stereocenters. The number of aliphatic hydroxyl groups is 1. The molecule has 2 amide bonds. The van der Waals surface area contributed by atoms with Crippen molar-refractivity contribution in [2.24, 2.45) is 0 Å². The summed E-state index contributed by atoms with van der Waals surface area (Å²) in [5.74, 6) is -0.401. The molecule has 0 bridgehead atoms. The minimum absolute atomic E-state index is 0.191. The number of aliphatic hydroxyl groups excluding tert-OH is 1. The fourth-order valence-electron chi connectivity index (χ4n) is 1.92. The largest absolute Gasteiger partial charge is 0.390 e. The molecular weight excluding hydrogens is 240 g/mol. The van der Waals surface area contributed by atoms with Crippen LogP contribution in [0.4, 0.5) is 0 Å². The van der Waals surface area contributed by atoms with E-state index in [9.17, 15) is 14.7 Å². The molecule has 0 spiro atoms. The van der Waals surface area contributed by atoms with E-state index < -0.39 is 24.5 Å². The molecule has 1 fully saturated rings. The molecule has 1 heterocycles. The lowest BCUT2D eigenvalue weighted by Gasteiger charge is -2.38. The van der Waals surface area contributed by atoms with Gasteiger partial charge in [-0.2, -0.15) is 0 Å². The second-order valence-corrected chi connectivity index (χ2v) is 4.33. The van der Waals surface area contributed by atoms with Crippen LogP contribution in [0.2, 0.25) is 0 Å². The minimum Gasteiger partial charge on any atom is -0.390 e. The second kappa shape index (κ2) is 6.67. The van der Waals surface area contributed by atoms with E-state index in [-0.39, 0.29) is 18.4 Å². The Morgan fingerprint density at radius 3 is 2.56 bits per heavy atom. The molecule has 7 nitrogen and oxygen atoms in total. The minimum atomic E-state index is -0.764. The van der Waals surface area contributed by atoms with E-state index in [2.05, 4.69) is 10.6 Å². The van der Waals surface area contributed by atoms with Crippen molar-refractivity contribution in [1.82, 2.24) is 10.6 Å². The quantitative estimate of drug-likeness (QED) is 0.587. The number of carbonyl (C=O) groups is 2. The smallest absolute Gasteiger partial charge is 0.217 e. The van der Waals surface area contributed by atoms with E-state index in [1.165, 1.54) is 21.0 Å². The zero-order valence-corrected chi connectivity index (χ0v) is 10.8. The van der Waals surface area contributed by atoms with Gasteiger partial charge in [0.2, 0.25) is 11.8 Å². The van der Waals surface area contributed by atoms with Gasteiger partial charge in [-0.3, -0.25) is 9.59 Å². The number of hydrogen-bond acceptors (Lipinski definition) is 5. The van der Waals surface area contributed by atoms with E-state index in [1.807, 2.05) is 0 Å². The first-order valence-corrected chi connectivity index (χ1v) is 5.82. The molecule has 4 atom stereocenters. The van der Waals surface area contributed by atoms with Gasteiger partial charge in [-0.15, -0.1) is 0 Å². The molecule has 1 rings (SSSR count). The summed E-state index contributed by atoms with van der Waals surface area (Å²) in [5, 5.41) is 15.1. The van der Waals surface area contributed by atoms with Crippen LogP contribution in [0.3, 0.4) is 0 Å². The highest BCUT2D eigenvalue weighted by Crippen LogP contribution is 2.20. The fourth-order valence-corrected chi connectivity index (χ4v) is 1.92. The summed E-state index contributed by atoms with van der Waals surface area (Å²) in [7, 11) is 1.46. The number of rotatable bonds is 4. The van der Waals surface area contributed by atoms with Crippen molar-refractivity contribution in [1.29, 1.82) is 0 Å².